The van der Waals surface area contributed by atoms with Crippen molar-refractivity contribution in [3.05, 3.63) is 95.1 Å². The molecule has 2 atom stereocenters. The second-order valence-corrected chi connectivity index (χ2v) is 10.2. The highest BCUT2D eigenvalue weighted by Crippen LogP contribution is 2.51. The molecule has 0 fully saturated rings. The lowest BCUT2D eigenvalue weighted by Crippen LogP contribution is -2.23. The van der Waals surface area contributed by atoms with Gasteiger partial charge < -0.3 is 5.11 Å². The van der Waals surface area contributed by atoms with Crippen LogP contribution in [0.1, 0.15) is 61.1 Å². The van der Waals surface area contributed by atoms with Gasteiger partial charge in [0.05, 0.1) is 0 Å². The molecule has 3 aromatic rings. The fourth-order valence-corrected chi connectivity index (χ4v) is 6.22. The molecular weight excluding hydrogens is 391 g/mol. The molecule has 0 saturated carbocycles. The largest absolute Gasteiger partial charge is 0.507 e. The summed E-state index contributed by atoms with van der Waals surface area (Å²) < 4.78 is 0. The second kappa shape index (κ2) is 9.83. The average molecular weight is 423 g/mol. The molecule has 0 amide bonds. The summed E-state index contributed by atoms with van der Waals surface area (Å²) in [5.41, 5.74) is 4.59. The van der Waals surface area contributed by atoms with Crippen LogP contribution >= 0.6 is 21.2 Å². The van der Waals surface area contributed by atoms with Crippen molar-refractivity contribution in [2.24, 2.45) is 0 Å². The molecule has 1 nitrogen and oxygen atoms in total. The van der Waals surface area contributed by atoms with Gasteiger partial charge in [-0.2, -0.15) is 12.6 Å². The lowest BCUT2D eigenvalue weighted by Gasteiger charge is -2.34. The van der Waals surface area contributed by atoms with Crippen molar-refractivity contribution in [2.75, 3.05) is 0 Å². The maximum atomic E-state index is 11.3. The molecule has 0 heterocycles. The number of thiol groups is 1. The van der Waals surface area contributed by atoms with Crippen molar-refractivity contribution in [1.29, 1.82) is 0 Å². The van der Waals surface area contributed by atoms with Crippen LogP contribution in [0, 0.1) is 0 Å². The first-order valence-electron chi connectivity index (χ1n) is 10.4. The Morgan fingerprint density at radius 1 is 0.897 bits per heavy atom. The van der Waals surface area contributed by atoms with E-state index in [-0.39, 0.29) is 10.4 Å². The van der Waals surface area contributed by atoms with Crippen LogP contribution in [0.4, 0.5) is 0 Å². The summed E-state index contributed by atoms with van der Waals surface area (Å²) in [5.74, 6) is 0.462. The van der Waals surface area contributed by atoms with Gasteiger partial charge in [-0.15, -0.1) is 0 Å². The normalized spacial score (nSPS) is 13.1. The molecule has 0 saturated heterocycles. The van der Waals surface area contributed by atoms with E-state index in [1.807, 2.05) is 6.07 Å². The summed E-state index contributed by atoms with van der Waals surface area (Å²) >= 11 is 4.70. The Balaban J connectivity index is 2.02. The van der Waals surface area contributed by atoms with E-state index in [2.05, 4.69) is 87.5 Å². The first kappa shape index (κ1) is 21.9. The van der Waals surface area contributed by atoms with Gasteiger partial charge in [0.2, 0.25) is 0 Å². The predicted octanol–water partition coefficient (Wildman–Crippen LogP) is 6.99. The van der Waals surface area contributed by atoms with E-state index in [1.165, 1.54) is 16.4 Å². The monoisotopic (exact) mass is 422 g/mol. The van der Waals surface area contributed by atoms with Crippen molar-refractivity contribution in [3.8, 4) is 5.75 Å². The molecule has 0 aliphatic carbocycles. The van der Waals surface area contributed by atoms with Gasteiger partial charge in [0.1, 0.15) is 5.75 Å². The van der Waals surface area contributed by atoms with E-state index >= 15 is 0 Å². The van der Waals surface area contributed by atoms with E-state index in [1.54, 1.807) is 0 Å². The standard InChI is InChI=1S/C26H31OPS/c1-4-26(5-2,28-24-17-10-9-15-22(24)19(3)29)23-16-11-14-21(25(23)27)18-20-12-7-6-8-13-20/h6-17,19,27-29H,4-5,18H2,1-3H3. The van der Waals surface area contributed by atoms with Gasteiger partial charge in [-0.05, 0) is 41.8 Å². The van der Waals surface area contributed by atoms with Crippen LogP contribution < -0.4 is 5.30 Å². The highest BCUT2D eigenvalue weighted by Gasteiger charge is 2.33. The maximum absolute atomic E-state index is 11.3. The minimum atomic E-state index is -0.0739. The lowest BCUT2D eigenvalue weighted by atomic mass is 9.89. The molecule has 0 aliphatic heterocycles. The van der Waals surface area contributed by atoms with Crippen molar-refractivity contribution in [2.45, 2.75) is 50.4 Å². The van der Waals surface area contributed by atoms with Crippen molar-refractivity contribution in [3.63, 3.8) is 0 Å². The third-order valence-corrected chi connectivity index (χ3v) is 8.32. The first-order valence-corrected chi connectivity index (χ1v) is 11.9. The Bertz CT molecular complexity index is 932. The predicted molar refractivity (Wildman–Crippen MR) is 131 cm³/mol. The number of phenolic OH excluding ortho intramolecular Hbond substituents is 1. The van der Waals surface area contributed by atoms with E-state index < -0.39 is 0 Å². The van der Waals surface area contributed by atoms with Gasteiger partial charge in [-0.3, -0.25) is 0 Å². The Hall–Kier alpha value is -1.76. The number of hydrogen-bond donors (Lipinski definition) is 2. The summed E-state index contributed by atoms with van der Waals surface area (Å²) in [5, 5.41) is 12.8. The van der Waals surface area contributed by atoms with Crippen LogP contribution in [0.3, 0.4) is 0 Å². The fourth-order valence-electron chi connectivity index (χ4n) is 4.04. The minimum absolute atomic E-state index is 0.0739. The molecular formula is C26H31OPS. The maximum Gasteiger partial charge on any atom is 0.123 e. The topological polar surface area (TPSA) is 20.2 Å². The summed E-state index contributed by atoms with van der Waals surface area (Å²) in [4.78, 5) is 0. The number of hydrogen-bond acceptors (Lipinski definition) is 2. The first-order chi connectivity index (χ1) is 14.0. The third kappa shape index (κ3) is 4.87. The highest BCUT2D eigenvalue weighted by molar-refractivity contribution is 7.80. The minimum Gasteiger partial charge on any atom is -0.507 e. The van der Waals surface area contributed by atoms with Crippen molar-refractivity contribution >= 4 is 26.5 Å². The van der Waals surface area contributed by atoms with Crippen LogP contribution in [-0.2, 0) is 11.6 Å². The Kier molecular flexibility index (Phi) is 7.44. The van der Waals surface area contributed by atoms with Crippen LogP contribution in [-0.4, -0.2) is 5.11 Å². The smallest absolute Gasteiger partial charge is 0.123 e. The molecule has 0 spiro atoms. The Morgan fingerprint density at radius 3 is 2.21 bits per heavy atom. The van der Waals surface area contributed by atoms with Crippen LogP contribution in [0.5, 0.6) is 5.75 Å². The second-order valence-electron chi connectivity index (χ2n) is 7.65. The zero-order valence-corrected chi connectivity index (χ0v) is 19.4. The van der Waals surface area contributed by atoms with Crippen LogP contribution in [0.2, 0.25) is 0 Å². The Morgan fingerprint density at radius 2 is 1.55 bits per heavy atom. The van der Waals surface area contributed by atoms with Gasteiger partial charge in [0.15, 0.2) is 0 Å². The van der Waals surface area contributed by atoms with E-state index in [0.29, 0.717) is 14.3 Å². The molecule has 3 heteroatoms. The quantitative estimate of drug-likeness (QED) is 0.296. The van der Waals surface area contributed by atoms with E-state index in [4.69, 9.17) is 12.6 Å². The van der Waals surface area contributed by atoms with E-state index in [9.17, 15) is 5.11 Å². The number of aromatic hydroxyl groups is 1. The number of phenols is 1. The third-order valence-electron chi connectivity index (χ3n) is 5.86. The molecule has 3 aromatic carbocycles. The van der Waals surface area contributed by atoms with Gasteiger partial charge in [-0.1, -0.05) is 95.2 Å². The summed E-state index contributed by atoms with van der Waals surface area (Å²) in [6.07, 6.45) is 2.72. The van der Waals surface area contributed by atoms with Gasteiger partial charge >= 0.3 is 0 Å². The number of para-hydroxylation sites is 1. The Labute approximate surface area is 182 Å². The molecule has 0 aliphatic rings. The van der Waals surface area contributed by atoms with Crippen LogP contribution in [0.15, 0.2) is 72.8 Å². The molecule has 2 unspecified atom stereocenters. The molecule has 152 valence electrons. The zero-order chi connectivity index (χ0) is 20.9. The molecule has 0 aromatic heterocycles. The highest BCUT2D eigenvalue weighted by atomic mass is 32.1. The lowest BCUT2D eigenvalue weighted by molar-refractivity contribution is 0.443. The zero-order valence-electron chi connectivity index (χ0n) is 17.5. The summed E-state index contributed by atoms with van der Waals surface area (Å²) in [6.45, 7) is 6.61. The van der Waals surface area contributed by atoms with Crippen molar-refractivity contribution in [1.82, 2.24) is 0 Å². The molecule has 29 heavy (non-hydrogen) atoms. The summed E-state index contributed by atoms with van der Waals surface area (Å²) in [7, 11) is 0.587. The average Bonchev–Trinajstić information content (AvgIpc) is 2.75. The van der Waals surface area contributed by atoms with Crippen molar-refractivity contribution < 1.29 is 5.11 Å². The molecule has 0 radical (unpaired) electrons. The SMILES string of the molecule is CCC(CC)(Pc1ccccc1C(C)S)c1cccc(Cc2ccccc2)c1O. The fraction of sp³-hybridized carbons (Fsp3) is 0.308. The molecule has 1 N–H and O–H groups in total. The van der Waals surface area contributed by atoms with Gasteiger partial charge in [0.25, 0.3) is 0 Å². The van der Waals surface area contributed by atoms with Gasteiger partial charge in [0, 0.05) is 22.4 Å². The van der Waals surface area contributed by atoms with Crippen LogP contribution in [0.25, 0.3) is 0 Å². The van der Waals surface area contributed by atoms with Gasteiger partial charge in [-0.25, -0.2) is 0 Å². The van der Waals surface area contributed by atoms with E-state index in [0.717, 1.165) is 30.4 Å². The molecule has 3 rings (SSSR count). The molecule has 0 bridgehead atoms. The number of benzene rings is 3. The summed E-state index contributed by atoms with van der Waals surface area (Å²) in [6, 6.07) is 25.3. The number of rotatable bonds is 8.